The zero-order valence-electron chi connectivity index (χ0n) is 19.9. The van der Waals surface area contributed by atoms with E-state index in [0.717, 1.165) is 10.9 Å². The maximum atomic E-state index is 15.9. The van der Waals surface area contributed by atoms with E-state index in [9.17, 15) is 14.7 Å². The number of carboxylic acid groups (broad SMARTS) is 1. The summed E-state index contributed by atoms with van der Waals surface area (Å²) in [5.74, 6) is -2.13. The first-order chi connectivity index (χ1) is 18.3. The van der Waals surface area contributed by atoms with Crippen LogP contribution in [0.25, 0.3) is 5.82 Å². The van der Waals surface area contributed by atoms with Gasteiger partial charge in [0.15, 0.2) is 23.2 Å². The molecule has 38 heavy (non-hydrogen) atoms. The average Bonchev–Trinajstić information content (AvgIpc) is 3.55. The Kier molecular flexibility index (Phi) is 6.44. The van der Waals surface area contributed by atoms with Crippen LogP contribution in [0.15, 0.2) is 41.3 Å². The van der Waals surface area contributed by atoms with E-state index in [-0.39, 0.29) is 53.2 Å². The number of benzene rings is 2. The van der Waals surface area contributed by atoms with Crippen molar-refractivity contribution in [3.05, 3.63) is 75.3 Å². The summed E-state index contributed by atoms with van der Waals surface area (Å²) in [6.45, 7) is 0.339. The lowest BCUT2D eigenvalue weighted by Crippen LogP contribution is -2.21. The molecule has 0 fully saturated rings. The van der Waals surface area contributed by atoms with E-state index in [4.69, 9.17) is 25.7 Å². The lowest BCUT2D eigenvalue weighted by Gasteiger charge is -2.25. The van der Waals surface area contributed by atoms with Gasteiger partial charge in [-0.05, 0) is 23.8 Å². The Balaban J connectivity index is 1.65. The van der Waals surface area contributed by atoms with Crippen LogP contribution < -0.4 is 36.7 Å². The normalized spacial score (nSPS) is 13.4. The SMILES string of the molecule is COc1cc(C(Nc2ccc(C(N)N)cc2)c2nn(-c3[nH]ncc3C(=O)O)c(=O)[nH]2)c(F)c2c1OCCO2. The number of anilines is 1. The van der Waals surface area contributed by atoms with Crippen molar-refractivity contribution < 1.29 is 28.5 Å². The van der Waals surface area contributed by atoms with E-state index < -0.39 is 29.7 Å². The first-order valence-electron chi connectivity index (χ1n) is 11.3. The molecular formula is C23H23FN8O6. The van der Waals surface area contributed by atoms with Crippen molar-refractivity contribution in [2.24, 2.45) is 11.5 Å². The molecule has 0 saturated heterocycles. The Bertz CT molecular complexity index is 1540. The number of hydrogen-bond acceptors (Lipinski definition) is 10. The summed E-state index contributed by atoms with van der Waals surface area (Å²) >= 11 is 0. The van der Waals surface area contributed by atoms with E-state index in [1.807, 2.05) is 0 Å². The van der Waals surface area contributed by atoms with Gasteiger partial charge in [0.2, 0.25) is 11.5 Å². The highest BCUT2D eigenvalue weighted by Crippen LogP contribution is 2.45. The van der Waals surface area contributed by atoms with Gasteiger partial charge in [-0.2, -0.15) is 9.78 Å². The van der Waals surface area contributed by atoms with Crippen molar-refractivity contribution in [2.75, 3.05) is 25.6 Å². The van der Waals surface area contributed by atoms with Crippen molar-refractivity contribution in [1.29, 1.82) is 0 Å². The molecule has 2 aromatic heterocycles. The first kappa shape index (κ1) is 24.8. The van der Waals surface area contributed by atoms with Gasteiger partial charge in [0.05, 0.1) is 19.5 Å². The van der Waals surface area contributed by atoms with Crippen molar-refractivity contribution in [3.63, 3.8) is 0 Å². The molecule has 198 valence electrons. The van der Waals surface area contributed by atoms with Crippen LogP contribution in [0.5, 0.6) is 17.2 Å². The fourth-order valence-corrected chi connectivity index (χ4v) is 4.01. The number of halogens is 1. The summed E-state index contributed by atoms with van der Waals surface area (Å²) in [5.41, 5.74) is 11.6. The molecule has 1 unspecified atom stereocenters. The van der Waals surface area contributed by atoms with Gasteiger partial charge >= 0.3 is 11.7 Å². The number of aromatic amines is 2. The summed E-state index contributed by atoms with van der Waals surface area (Å²) in [7, 11) is 1.40. The van der Waals surface area contributed by atoms with Crippen molar-refractivity contribution in [2.45, 2.75) is 12.2 Å². The van der Waals surface area contributed by atoms with E-state index in [0.29, 0.717) is 11.3 Å². The highest BCUT2D eigenvalue weighted by molar-refractivity contribution is 5.90. The van der Waals surface area contributed by atoms with Crippen LogP contribution in [-0.2, 0) is 0 Å². The number of nitrogens with one attached hydrogen (secondary N) is 3. The monoisotopic (exact) mass is 526 g/mol. The number of carbonyl (C=O) groups is 1. The van der Waals surface area contributed by atoms with Gasteiger partial charge in [-0.3, -0.25) is 10.1 Å². The number of methoxy groups -OCH3 is 1. The van der Waals surface area contributed by atoms with Gasteiger partial charge in [-0.25, -0.2) is 14.0 Å². The summed E-state index contributed by atoms with van der Waals surface area (Å²) in [6, 6.07) is 7.03. The summed E-state index contributed by atoms with van der Waals surface area (Å²) in [6.07, 6.45) is 0.354. The Hall–Kier alpha value is -4.89. The van der Waals surface area contributed by atoms with Gasteiger partial charge < -0.3 is 36.1 Å². The predicted octanol–water partition coefficient (Wildman–Crippen LogP) is 1.02. The van der Waals surface area contributed by atoms with Gasteiger partial charge in [-0.1, -0.05) is 12.1 Å². The minimum atomic E-state index is -1.32. The minimum absolute atomic E-state index is 0.00896. The quantitative estimate of drug-likeness (QED) is 0.179. The Morgan fingerprint density at radius 3 is 2.61 bits per heavy atom. The topological polar surface area (TPSA) is 208 Å². The van der Waals surface area contributed by atoms with E-state index in [1.54, 1.807) is 24.3 Å². The van der Waals surface area contributed by atoms with Crippen LogP contribution in [0, 0.1) is 5.82 Å². The third kappa shape index (κ3) is 4.39. The zero-order chi connectivity index (χ0) is 27.0. The van der Waals surface area contributed by atoms with Crippen LogP contribution in [0.4, 0.5) is 10.1 Å². The van der Waals surface area contributed by atoms with Crippen molar-refractivity contribution in [3.8, 4) is 23.1 Å². The van der Waals surface area contributed by atoms with Gasteiger partial charge in [0.25, 0.3) is 0 Å². The second-order valence-corrected chi connectivity index (χ2v) is 8.23. The average molecular weight is 526 g/mol. The largest absolute Gasteiger partial charge is 0.493 e. The molecule has 0 saturated carbocycles. The summed E-state index contributed by atoms with van der Waals surface area (Å²) in [5, 5.41) is 23.0. The number of rotatable bonds is 8. The number of hydrogen-bond donors (Lipinski definition) is 6. The number of H-pyrrole nitrogens is 2. The molecule has 0 radical (unpaired) electrons. The lowest BCUT2D eigenvalue weighted by atomic mass is 10.0. The Morgan fingerprint density at radius 1 is 1.24 bits per heavy atom. The van der Waals surface area contributed by atoms with Crippen molar-refractivity contribution >= 4 is 11.7 Å². The third-order valence-corrected chi connectivity index (χ3v) is 5.85. The molecule has 0 bridgehead atoms. The zero-order valence-corrected chi connectivity index (χ0v) is 19.9. The minimum Gasteiger partial charge on any atom is -0.493 e. The predicted molar refractivity (Wildman–Crippen MR) is 130 cm³/mol. The number of aromatic nitrogens is 5. The van der Waals surface area contributed by atoms with Gasteiger partial charge in [0, 0.05) is 11.3 Å². The molecular weight excluding hydrogens is 503 g/mol. The smallest absolute Gasteiger partial charge is 0.349 e. The second-order valence-electron chi connectivity index (χ2n) is 8.23. The number of aromatic carboxylic acids is 1. The number of fused-ring (bicyclic) bond motifs is 1. The van der Waals surface area contributed by atoms with Crippen LogP contribution >= 0.6 is 0 Å². The van der Waals surface area contributed by atoms with Crippen molar-refractivity contribution in [1.82, 2.24) is 25.0 Å². The highest BCUT2D eigenvalue weighted by atomic mass is 19.1. The van der Waals surface area contributed by atoms with E-state index in [2.05, 4.69) is 25.6 Å². The van der Waals surface area contributed by atoms with Crippen LogP contribution in [0.3, 0.4) is 0 Å². The molecule has 15 heteroatoms. The highest BCUT2D eigenvalue weighted by Gasteiger charge is 2.31. The Morgan fingerprint density at radius 2 is 1.95 bits per heavy atom. The van der Waals surface area contributed by atoms with E-state index in [1.165, 1.54) is 13.2 Å². The molecule has 0 aliphatic carbocycles. The molecule has 3 heterocycles. The molecule has 0 spiro atoms. The second kappa shape index (κ2) is 9.87. The van der Waals surface area contributed by atoms with Gasteiger partial charge in [-0.15, -0.1) is 5.10 Å². The standard InChI is InChI=1S/C23H23FN8O6/c1-36-14-8-12(15(24)18-17(14)37-6-7-38-18)16(28-11-4-2-10(3-5-11)19(25)26)20-29-23(35)32(31-20)21-13(22(33)34)9-27-30-21/h2-5,8-9,16,19,28H,6-7,25-26H2,1H3,(H,27,30)(H,33,34)(H,29,31,35). The molecule has 1 atom stereocenters. The number of ether oxygens (including phenoxy) is 3. The Labute approximate surface area is 213 Å². The first-order valence-corrected chi connectivity index (χ1v) is 11.3. The molecule has 8 N–H and O–H groups in total. The molecule has 1 aliphatic heterocycles. The summed E-state index contributed by atoms with van der Waals surface area (Å²) < 4.78 is 33.2. The molecule has 2 aromatic carbocycles. The van der Waals surface area contributed by atoms with Gasteiger partial charge in [0.1, 0.15) is 24.8 Å². The lowest BCUT2D eigenvalue weighted by molar-refractivity contribution is 0.0696. The molecule has 5 rings (SSSR count). The van der Waals surface area contributed by atoms with Crippen LogP contribution in [0.2, 0.25) is 0 Å². The molecule has 14 nitrogen and oxygen atoms in total. The maximum absolute atomic E-state index is 15.9. The van der Waals surface area contributed by atoms with E-state index >= 15 is 4.39 Å². The third-order valence-electron chi connectivity index (χ3n) is 5.85. The molecule has 0 amide bonds. The number of nitrogens with two attached hydrogens (primary N) is 2. The van der Waals surface area contributed by atoms with Crippen LogP contribution in [0.1, 0.15) is 39.5 Å². The number of carboxylic acids is 1. The molecule has 4 aromatic rings. The maximum Gasteiger partial charge on any atom is 0.349 e. The fraction of sp³-hybridized carbons (Fsp3) is 0.217. The number of nitrogens with zero attached hydrogens (tertiary/aromatic N) is 3. The van der Waals surface area contributed by atoms with Crippen LogP contribution in [-0.4, -0.2) is 56.4 Å². The summed E-state index contributed by atoms with van der Waals surface area (Å²) in [4.78, 5) is 27.0. The molecule has 1 aliphatic rings. The fourth-order valence-electron chi connectivity index (χ4n) is 4.01.